The number of anilines is 2. The Labute approximate surface area is 122 Å². The zero-order chi connectivity index (χ0) is 14.1. The Kier molecular flexibility index (Phi) is 2.75. The number of hydrogen-bond acceptors (Lipinski definition) is 3. The summed E-state index contributed by atoms with van der Waals surface area (Å²) in [6, 6.07) is 22.5. The van der Waals surface area contributed by atoms with Crippen LogP contribution >= 0.6 is 0 Å². The number of aromatic nitrogens is 2. The van der Waals surface area contributed by atoms with Gasteiger partial charge in [-0.2, -0.15) is 0 Å². The summed E-state index contributed by atoms with van der Waals surface area (Å²) < 4.78 is 0. The summed E-state index contributed by atoms with van der Waals surface area (Å²) in [4.78, 5) is 8.85. The molecule has 0 unspecified atom stereocenters. The summed E-state index contributed by atoms with van der Waals surface area (Å²) in [6.07, 6.45) is 1.76. The van der Waals surface area contributed by atoms with Gasteiger partial charge in [-0.1, -0.05) is 36.4 Å². The maximum atomic E-state index is 4.56. The van der Waals surface area contributed by atoms with Crippen molar-refractivity contribution in [2.24, 2.45) is 0 Å². The smallest absolute Gasteiger partial charge is 0.161 e. The van der Waals surface area contributed by atoms with Crippen LogP contribution in [0.15, 0.2) is 72.9 Å². The molecule has 0 aliphatic heterocycles. The van der Waals surface area contributed by atoms with Crippen LogP contribution in [0.25, 0.3) is 21.8 Å². The number of fused-ring (bicyclic) bond motifs is 2. The average Bonchev–Trinajstić information content (AvgIpc) is 2.55. The molecule has 2 heterocycles. The normalized spacial score (nSPS) is 10.9. The van der Waals surface area contributed by atoms with Gasteiger partial charge in [-0.05, 0) is 35.7 Å². The zero-order valence-corrected chi connectivity index (χ0v) is 11.3. The lowest BCUT2D eigenvalue weighted by Gasteiger charge is -2.09. The molecule has 0 saturated carbocycles. The quantitative estimate of drug-likeness (QED) is 0.582. The fraction of sp³-hybridized carbons (Fsp3) is 0. The van der Waals surface area contributed by atoms with Crippen molar-refractivity contribution in [3.05, 3.63) is 72.9 Å². The fourth-order valence-corrected chi connectivity index (χ4v) is 2.49. The minimum atomic E-state index is 0.753. The van der Waals surface area contributed by atoms with Crippen LogP contribution in [-0.2, 0) is 0 Å². The van der Waals surface area contributed by atoms with Gasteiger partial charge in [0.1, 0.15) is 5.82 Å². The lowest BCUT2D eigenvalue weighted by molar-refractivity contribution is 1.28. The third-order valence-corrected chi connectivity index (χ3v) is 3.52. The number of benzene rings is 2. The highest BCUT2D eigenvalue weighted by Crippen LogP contribution is 2.26. The molecule has 4 rings (SSSR count). The van der Waals surface area contributed by atoms with Crippen molar-refractivity contribution in [2.75, 3.05) is 5.32 Å². The van der Waals surface area contributed by atoms with Crippen LogP contribution in [0.3, 0.4) is 0 Å². The molecular formula is C18H13N3. The molecule has 4 aromatic rings. The van der Waals surface area contributed by atoms with E-state index in [-0.39, 0.29) is 0 Å². The molecule has 0 aliphatic rings. The highest BCUT2D eigenvalue weighted by atomic mass is 15.0. The molecule has 100 valence electrons. The molecule has 3 nitrogen and oxygen atoms in total. The third-order valence-electron chi connectivity index (χ3n) is 3.52. The summed E-state index contributed by atoms with van der Waals surface area (Å²) in [7, 11) is 0. The molecule has 2 aromatic carbocycles. The van der Waals surface area contributed by atoms with Gasteiger partial charge in [0.15, 0.2) is 5.65 Å². The minimum absolute atomic E-state index is 0.753. The second-order valence-electron chi connectivity index (χ2n) is 4.90. The maximum absolute atomic E-state index is 4.56. The number of rotatable bonds is 2. The van der Waals surface area contributed by atoms with Gasteiger partial charge in [0.25, 0.3) is 0 Å². The van der Waals surface area contributed by atoms with Gasteiger partial charge in [-0.3, -0.25) is 0 Å². The van der Waals surface area contributed by atoms with E-state index in [1.807, 2.05) is 42.5 Å². The van der Waals surface area contributed by atoms with Crippen LogP contribution in [-0.4, -0.2) is 9.97 Å². The molecule has 3 heteroatoms. The first kappa shape index (κ1) is 11.9. The maximum Gasteiger partial charge on any atom is 0.161 e. The summed E-state index contributed by atoms with van der Waals surface area (Å²) in [5.74, 6) is 0.803. The number of pyridine rings is 2. The lowest BCUT2D eigenvalue weighted by atomic mass is 10.1. The second kappa shape index (κ2) is 4.87. The highest BCUT2D eigenvalue weighted by Gasteiger charge is 2.03. The molecule has 2 aromatic heterocycles. The Bertz CT molecular complexity index is 926. The van der Waals surface area contributed by atoms with Crippen molar-refractivity contribution in [3.63, 3.8) is 0 Å². The van der Waals surface area contributed by atoms with E-state index in [0.29, 0.717) is 0 Å². The fourth-order valence-electron chi connectivity index (χ4n) is 2.49. The Balaban J connectivity index is 1.79. The van der Waals surface area contributed by atoms with Crippen molar-refractivity contribution < 1.29 is 0 Å². The van der Waals surface area contributed by atoms with Gasteiger partial charge in [0.05, 0.1) is 0 Å². The van der Waals surface area contributed by atoms with Crippen LogP contribution in [0.2, 0.25) is 0 Å². The van der Waals surface area contributed by atoms with E-state index in [0.717, 1.165) is 22.5 Å². The molecule has 1 N–H and O–H groups in total. The monoisotopic (exact) mass is 271 g/mol. The molecule has 0 radical (unpaired) electrons. The number of hydrogen-bond donors (Lipinski definition) is 1. The van der Waals surface area contributed by atoms with Crippen molar-refractivity contribution in [2.45, 2.75) is 0 Å². The van der Waals surface area contributed by atoms with Crippen LogP contribution < -0.4 is 5.32 Å². The van der Waals surface area contributed by atoms with E-state index in [9.17, 15) is 0 Å². The van der Waals surface area contributed by atoms with Crippen molar-refractivity contribution in [1.29, 1.82) is 0 Å². The van der Waals surface area contributed by atoms with Crippen LogP contribution in [0, 0.1) is 0 Å². The highest BCUT2D eigenvalue weighted by molar-refractivity contribution is 5.95. The van der Waals surface area contributed by atoms with Crippen molar-refractivity contribution in [3.8, 4) is 0 Å². The number of nitrogens with zero attached hydrogens (tertiary/aromatic N) is 2. The first-order valence-electron chi connectivity index (χ1n) is 6.87. The standard InChI is InChI=1S/C18H13N3/c1-2-8-15-13(5-1)6-3-9-16(15)20-17-11-10-14-7-4-12-19-18(14)21-17/h1-12H,(H,19,20,21). The van der Waals surface area contributed by atoms with Crippen LogP contribution in [0.1, 0.15) is 0 Å². The molecule has 0 fully saturated rings. The summed E-state index contributed by atoms with van der Waals surface area (Å²) in [6.45, 7) is 0. The molecule has 21 heavy (non-hydrogen) atoms. The Hall–Kier alpha value is -2.94. The molecular weight excluding hydrogens is 258 g/mol. The van der Waals surface area contributed by atoms with Gasteiger partial charge < -0.3 is 5.32 Å². The topological polar surface area (TPSA) is 37.8 Å². The van der Waals surface area contributed by atoms with Crippen molar-refractivity contribution in [1.82, 2.24) is 9.97 Å². The Morgan fingerprint density at radius 2 is 1.57 bits per heavy atom. The summed E-state index contributed by atoms with van der Waals surface area (Å²) in [5, 5.41) is 6.82. The minimum Gasteiger partial charge on any atom is -0.340 e. The van der Waals surface area contributed by atoms with E-state index >= 15 is 0 Å². The Morgan fingerprint density at radius 3 is 2.57 bits per heavy atom. The average molecular weight is 271 g/mol. The van der Waals surface area contributed by atoms with Crippen LogP contribution in [0.5, 0.6) is 0 Å². The van der Waals surface area contributed by atoms with Gasteiger partial charge >= 0.3 is 0 Å². The van der Waals surface area contributed by atoms with Gasteiger partial charge in [0, 0.05) is 22.7 Å². The van der Waals surface area contributed by atoms with Crippen LogP contribution in [0.4, 0.5) is 11.5 Å². The molecule has 0 spiro atoms. The van der Waals surface area contributed by atoms with E-state index in [2.05, 4.69) is 39.6 Å². The van der Waals surface area contributed by atoms with Gasteiger partial charge in [0.2, 0.25) is 0 Å². The molecule has 0 amide bonds. The summed E-state index contributed by atoms with van der Waals surface area (Å²) in [5.41, 5.74) is 1.80. The van der Waals surface area contributed by atoms with E-state index in [1.165, 1.54) is 10.8 Å². The molecule has 0 atom stereocenters. The SMILES string of the molecule is c1cnc2nc(Nc3cccc4ccccc34)ccc2c1. The van der Waals surface area contributed by atoms with Gasteiger partial charge in [-0.25, -0.2) is 9.97 Å². The van der Waals surface area contributed by atoms with E-state index in [4.69, 9.17) is 0 Å². The first-order chi connectivity index (χ1) is 10.4. The molecule has 0 saturated heterocycles. The van der Waals surface area contributed by atoms with E-state index in [1.54, 1.807) is 6.20 Å². The van der Waals surface area contributed by atoms with E-state index < -0.39 is 0 Å². The number of nitrogens with one attached hydrogen (secondary N) is 1. The predicted molar refractivity (Wildman–Crippen MR) is 86.8 cm³/mol. The second-order valence-corrected chi connectivity index (χ2v) is 4.90. The largest absolute Gasteiger partial charge is 0.340 e. The molecule has 0 aliphatic carbocycles. The molecule has 0 bridgehead atoms. The predicted octanol–water partition coefficient (Wildman–Crippen LogP) is 4.53. The zero-order valence-electron chi connectivity index (χ0n) is 11.3. The van der Waals surface area contributed by atoms with Gasteiger partial charge in [-0.15, -0.1) is 0 Å². The first-order valence-corrected chi connectivity index (χ1v) is 6.87. The van der Waals surface area contributed by atoms with Crippen molar-refractivity contribution >= 4 is 33.3 Å². The summed E-state index contributed by atoms with van der Waals surface area (Å²) >= 11 is 0. The lowest BCUT2D eigenvalue weighted by Crippen LogP contribution is -1.95. The third kappa shape index (κ3) is 2.19. The Morgan fingerprint density at radius 1 is 0.714 bits per heavy atom.